The Morgan fingerprint density at radius 2 is 1.64 bits per heavy atom. The first-order valence-electron chi connectivity index (χ1n) is 9.28. The Balaban J connectivity index is 1.76. The van der Waals surface area contributed by atoms with Gasteiger partial charge in [0, 0.05) is 6.21 Å². The molecule has 0 bridgehead atoms. The fourth-order valence-electron chi connectivity index (χ4n) is 2.76. The van der Waals surface area contributed by atoms with E-state index in [-0.39, 0.29) is 0 Å². The van der Waals surface area contributed by atoms with Crippen molar-refractivity contribution in [3.05, 3.63) is 87.9 Å². The highest BCUT2D eigenvalue weighted by Crippen LogP contribution is 2.36. The average Bonchev–Trinajstić information content (AvgIpc) is 2.72. The Bertz CT molecular complexity index is 948. The number of rotatable bonds is 7. The van der Waals surface area contributed by atoms with Crippen LogP contribution in [-0.4, -0.2) is 13.3 Å². The standard InChI is InChI=1S/C24H24ClNO2/c1-4-18-9-11-21(12-10-18)26-15-20-13-22(25)24(23(14-20)27-3)28-16-19-7-5-17(2)6-8-19/h5-15H,4,16H2,1-3H3. The fourth-order valence-corrected chi connectivity index (χ4v) is 3.03. The largest absolute Gasteiger partial charge is 0.493 e. The van der Waals surface area contributed by atoms with Gasteiger partial charge in [-0.05, 0) is 54.3 Å². The van der Waals surface area contributed by atoms with Gasteiger partial charge in [0.05, 0.1) is 17.8 Å². The topological polar surface area (TPSA) is 30.8 Å². The first kappa shape index (κ1) is 20.0. The van der Waals surface area contributed by atoms with Crippen molar-refractivity contribution in [3.8, 4) is 11.5 Å². The number of aryl methyl sites for hydroxylation is 2. The molecule has 0 spiro atoms. The van der Waals surface area contributed by atoms with E-state index in [2.05, 4.69) is 43.1 Å². The molecule has 0 heterocycles. The summed E-state index contributed by atoms with van der Waals surface area (Å²) in [5.74, 6) is 1.12. The van der Waals surface area contributed by atoms with Crippen LogP contribution in [0.1, 0.15) is 29.2 Å². The van der Waals surface area contributed by atoms with Crippen LogP contribution in [0, 0.1) is 6.92 Å². The molecule has 0 aliphatic rings. The summed E-state index contributed by atoms with van der Waals surface area (Å²) in [7, 11) is 1.61. The lowest BCUT2D eigenvalue weighted by atomic mass is 10.1. The Labute approximate surface area is 171 Å². The zero-order valence-corrected chi connectivity index (χ0v) is 17.2. The quantitative estimate of drug-likeness (QED) is 0.426. The van der Waals surface area contributed by atoms with E-state index in [1.165, 1.54) is 11.1 Å². The second kappa shape index (κ2) is 9.43. The molecule has 3 nitrogen and oxygen atoms in total. The summed E-state index contributed by atoms with van der Waals surface area (Å²) >= 11 is 6.46. The summed E-state index contributed by atoms with van der Waals surface area (Å²) in [6.07, 6.45) is 2.79. The summed E-state index contributed by atoms with van der Waals surface area (Å²) in [6.45, 7) is 4.62. The number of halogens is 1. The number of aliphatic imine (C=N–C) groups is 1. The van der Waals surface area contributed by atoms with E-state index in [9.17, 15) is 0 Å². The van der Waals surface area contributed by atoms with Crippen LogP contribution in [0.3, 0.4) is 0 Å². The van der Waals surface area contributed by atoms with Gasteiger partial charge in [0.25, 0.3) is 0 Å². The minimum absolute atomic E-state index is 0.424. The Morgan fingerprint density at radius 3 is 2.29 bits per heavy atom. The first-order chi connectivity index (χ1) is 13.6. The molecule has 0 atom stereocenters. The predicted octanol–water partition coefficient (Wildman–Crippen LogP) is 6.55. The molecule has 0 fully saturated rings. The number of methoxy groups -OCH3 is 1. The summed E-state index contributed by atoms with van der Waals surface area (Å²) in [5.41, 5.74) is 5.33. The molecule has 0 saturated heterocycles. The average molecular weight is 394 g/mol. The molecule has 0 radical (unpaired) electrons. The van der Waals surface area contributed by atoms with Crippen LogP contribution in [0.2, 0.25) is 5.02 Å². The van der Waals surface area contributed by atoms with Crippen LogP contribution in [0.15, 0.2) is 65.7 Å². The highest BCUT2D eigenvalue weighted by molar-refractivity contribution is 6.32. The molecular formula is C24H24ClNO2. The van der Waals surface area contributed by atoms with Gasteiger partial charge in [-0.3, -0.25) is 4.99 Å². The summed E-state index contributed by atoms with van der Waals surface area (Å²) in [6, 6.07) is 20.1. The highest BCUT2D eigenvalue weighted by atomic mass is 35.5. The van der Waals surface area contributed by atoms with Crippen LogP contribution in [-0.2, 0) is 13.0 Å². The summed E-state index contributed by atoms with van der Waals surface area (Å²) < 4.78 is 11.4. The molecule has 0 amide bonds. The van der Waals surface area contributed by atoms with Crippen molar-refractivity contribution in [3.63, 3.8) is 0 Å². The van der Waals surface area contributed by atoms with Gasteiger partial charge < -0.3 is 9.47 Å². The van der Waals surface area contributed by atoms with E-state index >= 15 is 0 Å². The maximum atomic E-state index is 6.46. The summed E-state index contributed by atoms with van der Waals surface area (Å²) in [5, 5.41) is 0.495. The number of nitrogens with zero attached hydrogens (tertiary/aromatic N) is 1. The lowest BCUT2D eigenvalue weighted by Crippen LogP contribution is -1.99. The van der Waals surface area contributed by atoms with Crippen LogP contribution in [0.25, 0.3) is 0 Å². The fraction of sp³-hybridized carbons (Fsp3) is 0.208. The summed E-state index contributed by atoms with van der Waals surface area (Å²) in [4.78, 5) is 4.52. The normalized spacial score (nSPS) is 11.0. The van der Waals surface area contributed by atoms with Crippen LogP contribution in [0.4, 0.5) is 5.69 Å². The van der Waals surface area contributed by atoms with Gasteiger partial charge in [0.15, 0.2) is 11.5 Å². The van der Waals surface area contributed by atoms with Gasteiger partial charge in [-0.25, -0.2) is 0 Å². The zero-order chi connectivity index (χ0) is 19.9. The van der Waals surface area contributed by atoms with Crippen LogP contribution in [0.5, 0.6) is 11.5 Å². The molecule has 144 valence electrons. The van der Waals surface area contributed by atoms with Gasteiger partial charge in [-0.15, -0.1) is 0 Å². The molecule has 3 rings (SSSR count). The first-order valence-corrected chi connectivity index (χ1v) is 9.65. The second-order valence-electron chi connectivity index (χ2n) is 6.59. The van der Waals surface area contributed by atoms with Crippen molar-refractivity contribution in [1.29, 1.82) is 0 Å². The zero-order valence-electron chi connectivity index (χ0n) is 16.4. The third kappa shape index (κ3) is 5.14. The Morgan fingerprint density at radius 1 is 0.964 bits per heavy atom. The molecule has 0 unspecified atom stereocenters. The Hall–Kier alpha value is -2.78. The number of benzene rings is 3. The highest BCUT2D eigenvalue weighted by Gasteiger charge is 2.12. The molecule has 3 aromatic rings. The molecule has 4 heteroatoms. The molecule has 0 aliphatic carbocycles. The molecule has 0 aliphatic heterocycles. The predicted molar refractivity (Wildman–Crippen MR) is 117 cm³/mol. The van der Waals surface area contributed by atoms with Crippen molar-refractivity contribution in [2.24, 2.45) is 4.99 Å². The lowest BCUT2D eigenvalue weighted by molar-refractivity contribution is 0.284. The number of hydrogen-bond acceptors (Lipinski definition) is 3. The van der Waals surface area contributed by atoms with Crippen molar-refractivity contribution < 1.29 is 9.47 Å². The van der Waals surface area contributed by atoms with Crippen molar-refractivity contribution >= 4 is 23.5 Å². The maximum Gasteiger partial charge on any atom is 0.180 e. The smallest absolute Gasteiger partial charge is 0.180 e. The number of ether oxygens (including phenoxy) is 2. The molecule has 0 N–H and O–H groups in total. The minimum atomic E-state index is 0.424. The maximum absolute atomic E-state index is 6.46. The number of hydrogen-bond donors (Lipinski definition) is 0. The van der Waals surface area contributed by atoms with Crippen LogP contribution < -0.4 is 9.47 Å². The van der Waals surface area contributed by atoms with Gasteiger partial charge in [0.1, 0.15) is 6.61 Å². The second-order valence-corrected chi connectivity index (χ2v) is 6.99. The van der Waals surface area contributed by atoms with Crippen molar-refractivity contribution in [2.45, 2.75) is 26.9 Å². The van der Waals surface area contributed by atoms with E-state index in [4.69, 9.17) is 21.1 Å². The monoisotopic (exact) mass is 393 g/mol. The van der Waals surface area contributed by atoms with Crippen molar-refractivity contribution in [1.82, 2.24) is 0 Å². The Kier molecular flexibility index (Phi) is 6.72. The van der Waals surface area contributed by atoms with E-state index in [0.29, 0.717) is 23.1 Å². The molecular weight excluding hydrogens is 370 g/mol. The third-order valence-electron chi connectivity index (χ3n) is 4.46. The van der Waals surface area contributed by atoms with E-state index < -0.39 is 0 Å². The molecule has 28 heavy (non-hydrogen) atoms. The van der Waals surface area contributed by atoms with Gasteiger partial charge in [-0.2, -0.15) is 0 Å². The molecule has 0 saturated carbocycles. The lowest BCUT2D eigenvalue weighted by Gasteiger charge is -2.13. The van der Waals surface area contributed by atoms with Crippen LogP contribution >= 0.6 is 11.6 Å². The van der Waals surface area contributed by atoms with Crippen molar-refractivity contribution in [2.75, 3.05) is 7.11 Å². The molecule has 3 aromatic carbocycles. The van der Waals surface area contributed by atoms with Gasteiger partial charge in [-0.1, -0.05) is 60.5 Å². The SMILES string of the molecule is CCc1ccc(N=Cc2cc(Cl)c(OCc3ccc(C)cc3)c(OC)c2)cc1. The molecule has 0 aromatic heterocycles. The van der Waals surface area contributed by atoms with E-state index in [1.54, 1.807) is 13.3 Å². The van der Waals surface area contributed by atoms with E-state index in [1.807, 2.05) is 36.4 Å². The third-order valence-corrected chi connectivity index (χ3v) is 4.74. The minimum Gasteiger partial charge on any atom is -0.493 e. The van der Waals surface area contributed by atoms with Gasteiger partial charge >= 0.3 is 0 Å². The van der Waals surface area contributed by atoms with Gasteiger partial charge in [0.2, 0.25) is 0 Å². The van der Waals surface area contributed by atoms with E-state index in [0.717, 1.165) is 23.2 Å².